The summed E-state index contributed by atoms with van der Waals surface area (Å²) in [7, 11) is 0. The number of carbonyl (C=O) groups is 9. The Hall–Kier alpha value is -6.82. The fourth-order valence-corrected chi connectivity index (χ4v) is 12.2. The number of pyridine rings is 1. The minimum atomic E-state index is -3.10. The van der Waals surface area contributed by atoms with E-state index in [1.54, 1.807) is 28.0 Å². The molecule has 0 saturated carbocycles. The summed E-state index contributed by atoms with van der Waals surface area (Å²) in [5.74, 6) is -3.25. The predicted octanol–water partition coefficient (Wildman–Crippen LogP) is 2.41. The quantitative estimate of drug-likeness (QED) is 0.0213. The van der Waals surface area contributed by atoms with E-state index >= 15 is 0 Å². The van der Waals surface area contributed by atoms with Crippen molar-refractivity contribution in [3.05, 3.63) is 69.4 Å². The number of nitrogens with one attached hydrogen (secondary N) is 4. The first kappa shape index (κ1) is 74.2. The van der Waals surface area contributed by atoms with E-state index in [4.69, 9.17) is 20.6 Å². The van der Waals surface area contributed by atoms with Gasteiger partial charge in [-0.2, -0.15) is 11.8 Å². The maximum Gasteiger partial charge on any atom is 0.317 e. The van der Waals surface area contributed by atoms with Crippen LogP contribution in [0.1, 0.15) is 80.1 Å². The van der Waals surface area contributed by atoms with Crippen LogP contribution in [0.4, 0.5) is 8.78 Å². The lowest BCUT2D eigenvalue weighted by molar-refractivity contribution is -0.140. The number of fused-ring (bicyclic) bond motifs is 1. The van der Waals surface area contributed by atoms with Crippen LogP contribution in [0.3, 0.4) is 0 Å². The van der Waals surface area contributed by atoms with Gasteiger partial charge in [-0.1, -0.05) is 18.1 Å². The Labute approximate surface area is 553 Å². The summed E-state index contributed by atoms with van der Waals surface area (Å²) in [6, 6.07) is 12.8. The molecule has 92 heavy (non-hydrogen) atoms. The highest BCUT2D eigenvalue weighted by molar-refractivity contribution is 14.1. The van der Waals surface area contributed by atoms with Gasteiger partial charge >= 0.3 is 5.97 Å². The summed E-state index contributed by atoms with van der Waals surface area (Å²) in [5.41, 5.74) is 1.90. The second-order valence-corrected chi connectivity index (χ2v) is 25.4. The molecular weight excluding hydrogens is 1330 g/mol. The minimum absolute atomic E-state index is 0.0142. The molecule has 6 rings (SSSR count). The summed E-state index contributed by atoms with van der Waals surface area (Å²) >= 11 is 3.55. The van der Waals surface area contributed by atoms with Gasteiger partial charge in [-0.3, -0.25) is 67.7 Å². The maximum atomic E-state index is 14.0. The van der Waals surface area contributed by atoms with Gasteiger partial charge in [0.15, 0.2) is 0 Å². The van der Waals surface area contributed by atoms with E-state index in [0.29, 0.717) is 139 Å². The number of hydrogen-bond acceptors (Lipinski definition) is 19. The number of carbonyl (C=O) groups excluding carboxylic acids is 8. The van der Waals surface area contributed by atoms with Gasteiger partial charge in [-0.05, 0) is 128 Å². The van der Waals surface area contributed by atoms with Gasteiger partial charge in [0.2, 0.25) is 23.6 Å². The van der Waals surface area contributed by atoms with Crippen molar-refractivity contribution in [3.63, 3.8) is 0 Å². The number of rotatable bonds is 35. The smallest absolute Gasteiger partial charge is 0.317 e. The number of likely N-dealkylation sites (tertiary alicyclic amines) is 2. The van der Waals surface area contributed by atoms with E-state index in [1.807, 2.05) is 39.0 Å². The Kier molecular flexibility index (Phi) is 32.0. The number of terminal acetylenes is 1. The van der Waals surface area contributed by atoms with Crippen molar-refractivity contribution in [2.75, 3.05) is 136 Å². The highest BCUT2D eigenvalue weighted by atomic mass is 127. The fourth-order valence-electron chi connectivity index (χ4n) is 11.1. The van der Waals surface area contributed by atoms with Crippen molar-refractivity contribution >= 4 is 99.6 Å². The Balaban J connectivity index is 0.932. The van der Waals surface area contributed by atoms with Gasteiger partial charge in [0.25, 0.3) is 30.7 Å². The van der Waals surface area contributed by atoms with Crippen LogP contribution in [0.2, 0.25) is 0 Å². The third-order valence-corrected chi connectivity index (χ3v) is 17.9. The Morgan fingerprint density at radius 1 is 0.804 bits per heavy atom. The number of hydrogen-bond donors (Lipinski definition) is 6. The molecule has 504 valence electrons. The van der Waals surface area contributed by atoms with Crippen LogP contribution in [0, 0.1) is 21.8 Å². The summed E-state index contributed by atoms with van der Waals surface area (Å²) < 4.78 is 45.2. The normalized spacial score (nSPS) is 17.8. The van der Waals surface area contributed by atoms with Crippen LogP contribution in [0.5, 0.6) is 5.75 Å². The second-order valence-electron chi connectivity index (χ2n) is 23.0. The van der Waals surface area contributed by atoms with Crippen molar-refractivity contribution in [3.8, 4) is 18.1 Å². The SMILES string of the molecule is C#C[C@H]1CC(F)(F)CN1C(=O)CNC(=O)c1ccnc2ccc(OCCCC3CCN(C(=O)[C@H](O)CSCCNC(=O)C(CCCCNC(=O)CCCc4ccc(I)cc4)NC(=O)CN4CCN(COC=O)CCN(COC=O)CCN(CC(=O)O)CC4)CC3)cc12. The zero-order valence-electron chi connectivity index (χ0n) is 51.8. The molecule has 6 N–H and O–H groups in total. The lowest BCUT2D eigenvalue weighted by Gasteiger charge is -2.33. The van der Waals surface area contributed by atoms with Crippen LogP contribution in [0.15, 0.2) is 54.7 Å². The minimum Gasteiger partial charge on any atom is -0.494 e. The number of benzene rings is 2. The number of alkyl halides is 2. The molecule has 3 aliphatic rings. The van der Waals surface area contributed by atoms with Crippen molar-refractivity contribution < 1.29 is 76.4 Å². The van der Waals surface area contributed by atoms with E-state index in [1.165, 1.54) is 24.0 Å². The van der Waals surface area contributed by atoms with E-state index in [0.717, 1.165) is 39.7 Å². The average Bonchev–Trinajstić information content (AvgIpc) is 1.30. The molecule has 0 radical (unpaired) electrons. The van der Waals surface area contributed by atoms with Crippen LogP contribution < -0.4 is 26.0 Å². The first-order valence-corrected chi connectivity index (χ1v) is 33.3. The molecule has 1 unspecified atom stereocenters. The maximum absolute atomic E-state index is 14.0. The number of aliphatic hydroxyl groups excluding tert-OH is 1. The number of carboxylic acids is 1. The number of halogens is 3. The summed E-state index contributed by atoms with van der Waals surface area (Å²) in [6.07, 6.45) is 11.1. The number of thioether (sulfide) groups is 1. The first-order valence-electron chi connectivity index (χ1n) is 31.1. The molecule has 3 atom stereocenters. The van der Waals surface area contributed by atoms with Gasteiger partial charge in [0, 0.05) is 118 Å². The molecule has 4 heterocycles. The molecular formula is C63H86F2IN11O14S. The zero-order valence-corrected chi connectivity index (χ0v) is 54.8. The van der Waals surface area contributed by atoms with Crippen LogP contribution in [0.25, 0.3) is 10.9 Å². The van der Waals surface area contributed by atoms with Gasteiger partial charge in [-0.25, -0.2) is 8.78 Å². The number of piperidine rings is 1. The van der Waals surface area contributed by atoms with Crippen molar-refractivity contribution in [1.82, 2.24) is 55.7 Å². The highest BCUT2D eigenvalue weighted by Crippen LogP contribution is 2.32. The van der Waals surface area contributed by atoms with Crippen LogP contribution in [-0.4, -0.2) is 259 Å². The van der Waals surface area contributed by atoms with Crippen molar-refractivity contribution in [2.45, 2.75) is 94.7 Å². The number of carboxylic acid groups (broad SMARTS) is 1. The molecule has 3 aliphatic heterocycles. The van der Waals surface area contributed by atoms with Gasteiger partial charge < -0.3 is 55.5 Å². The summed E-state index contributed by atoms with van der Waals surface area (Å²) in [5, 5.41) is 32.4. The number of aromatic nitrogens is 1. The van der Waals surface area contributed by atoms with E-state index in [9.17, 15) is 62.1 Å². The second kappa shape index (κ2) is 39.7. The molecule has 29 heteroatoms. The zero-order chi connectivity index (χ0) is 66.3. The molecule has 6 amide bonds. The average molecular weight is 1420 g/mol. The molecule has 25 nitrogen and oxygen atoms in total. The molecule has 1 aromatic heterocycles. The number of aryl methyl sites for hydroxylation is 1. The third-order valence-electron chi connectivity index (χ3n) is 16.2. The number of aliphatic hydroxyl groups is 1. The van der Waals surface area contributed by atoms with Gasteiger partial charge in [0.1, 0.15) is 31.4 Å². The van der Waals surface area contributed by atoms with Crippen LogP contribution in [-0.2, 0) is 54.3 Å². The highest BCUT2D eigenvalue weighted by Gasteiger charge is 2.46. The van der Waals surface area contributed by atoms with Gasteiger partial charge in [0.05, 0.1) is 49.9 Å². The lowest BCUT2D eigenvalue weighted by atomic mass is 9.92. The molecule has 0 spiro atoms. The molecule has 3 fully saturated rings. The first-order chi connectivity index (χ1) is 44.3. The topological polar surface area (TPSA) is 302 Å². The molecule has 3 saturated heterocycles. The summed E-state index contributed by atoms with van der Waals surface area (Å²) in [4.78, 5) is 128. The molecule has 3 aromatic rings. The molecule has 2 aromatic carbocycles. The standard InChI is InChI=1S/C63H86F2IN11O14S/c1-2-49-36-63(64,65)41-77(49)58(83)37-70-60(86)51-17-21-67-53-16-15-50(35-52(51)53)91-33-6-8-47-18-23-76(24-19-47)62(88)55(80)40-92-34-22-69-61(87)54(9-3-4-20-68-56(81)10-5-7-46-11-13-48(66)14-12-46)71-57(82)38-72-25-26-73(39-59(84)85)28-30-75(43-90-45-79)32-31-74(29-27-72)42-89-44-78/h1,11-17,21,35,44-45,47,49,54-55,80H,3-10,18-20,22-34,36-43H2,(H,68,81)(H,69,87)(H,70,86)(H,71,82)(H,84,85)/t49-,54?,55+/m0/s1. The van der Waals surface area contributed by atoms with Crippen molar-refractivity contribution in [1.29, 1.82) is 0 Å². The molecule has 0 bridgehead atoms. The predicted molar refractivity (Wildman–Crippen MR) is 347 cm³/mol. The van der Waals surface area contributed by atoms with E-state index in [2.05, 4.69) is 54.8 Å². The number of aliphatic carboxylic acids is 1. The number of amides is 6. The van der Waals surface area contributed by atoms with Gasteiger partial charge in [-0.15, -0.1) is 6.42 Å². The molecule has 0 aliphatic carbocycles. The monoisotopic (exact) mass is 1420 g/mol. The number of unbranched alkanes of at least 4 members (excludes halogenated alkanes) is 1. The lowest BCUT2D eigenvalue weighted by Crippen LogP contribution is -2.52. The number of ether oxygens (including phenoxy) is 3. The van der Waals surface area contributed by atoms with Crippen LogP contribution >= 0.6 is 34.4 Å². The fraction of sp³-hybridized carbons (Fsp3) is 0.587. The Morgan fingerprint density at radius 2 is 1.47 bits per heavy atom. The Morgan fingerprint density at radius 3 is 2.12 bits per heavy atom. The third kappa shape index (κ3) is 26.3. The Bertz CT molecular complexity index is 2950. The summed E-state index contributed by atoms with van der Waals surface area (Å²) in [6.45, 7) is 3.49. The largest absolute Gasteiger partial charge is 0.494 e. The van der Waals surface area contributed by atoms with E-state index < -0.39 is 73.2 Å². The number of nitrogens with zero attached hydrogens (tertiary/aromatic N) is 7. The van der Waals surface area contributed by atoms with Crippen molar-refractivity contribution in [2.24, 2.45) is 5.92 Å². The van der Waals surface area contributed by atoms with E-state index in [-0.39, 0.29) is 75.7 Å².